The van der Waals surface area contributed by atoms with Crippen LogP contribution in [0.1, 0.15) is 52.9 Å². The Kier molecular flexibility index (Phi) is 6.12. The molecule has 0 aromatic carbocycles. The van der Waals surface area contributed by atoms with Gasteiger partial charge in [0, 0.05) is 18.5 Å². The number of hydrogen-bond donors (Lipinski definition) is 1. The summed E-state index contributed by atoms with van der Waals surface area (Å²) in [4.78, 5) is 22.9. The zero-order valence-corrected chi connectivity index (χ0v) is 11.6. The minimum absolute atomic E-state index is 0.108. The van der Waals surface area contributed by atoms with Gasteiger partial charge < -0.3 is 4.74 Å². The van der Waals surface area contributed by atoms with Crippen LogP contribution in [0.25, 0.3) is 0 Å². The highest BCUT2D eigenvalue weighted by atomic mass is 16.5. The molecule has 1 aliphatic heterocycles. The summed E-state index contributed by atoms with van der Waals surface area (Å²) in [5, 5.41) is 2.01. The highest BCUT2D eigenvalue weighted by molar-refractivity contribution is 5.80. The number of hydrogen-bond acceptors (Lipinski definition) is 4. The number of esters is 1. The zero-order valence-electron chi connectivity index (χ0n) is 11.6. The first-order valence-corrected chi connectivity index (χ1v) is 6.78. The first kappa shape index (κ1) is 15.0. The summed E-state index contributed by atoms with van der Waals surface area (Å²) in [7, 11) is 0. The van der Waals surface area contributed by atoms with Crippen LogP contribution in [0.3, 0.4) is 0 Å². The Bertz CT molecular complexity index is 284. The van der Waals surface area contributed by atoms with E-state index in [0.29, 0.717) is 18.7 Å². The van der Waals surface area contributed by atoms with Crippen molar-refractivity contribution in [3.05, 3.63) is 0 Å². The predicted octanol–water partition coefficient (Wildman–Crippen LogP) is 1.62. The Morgan fingerprint density at radius 1 is 1.22 bits per heavy atom. The highest BCUT2D eigenvalue weighted by Crippen LogP contribution is 2.20. The van der Waals surface area contributed by atoms with Crippen LogP contribution in [-0.2, 0) is 14.3 Å². The van der Waals surface area contributed by atoms with E-state index >= 15 is 0 Å². The third kappa shape index (κ3) is 4.64. The molecule has 0 aromatic heterocycles. The number of rotatable bonds is 5. The average Bonchev–Trinajstić information content (AvgIpc) is 2.32. The van der Waals surface area contributed by atoms with Crippen molar-refractivity contribution in [2.75, 3.05) is 6.61 Å². The van der Waals surface area contributed by atoms with Crippen LogP contribution in [0.15, 0.2) is 0 Å². The van der Waals surface area contributed by atoms with E-state index in [1.807, 2.05) is 5.01 Å². The lowest BCUT2D eigenvalue weighted by atomic mass is 10.00. The number of ether oxygens (including phenoxy) is 1. The summed E-state index contributed by atoms with van der Waals surface area (Å²) in [6.45, 7) is 6.35. The maximum Gasteiger partial charge on any atom is 0.306 e. The quantitative estimate of drug-likeness (QED) is 0.759. The number of amides is 1. The minimum Gasteiger partial charge on any atom is -0.466 e. The number of carbonyl (C=O) groups excluding carboxylic acids is 2. The maximum absolute atomic E-state index is 11.8. The first-order valence-electron chi connectivity index (χ1n) is 6.78. The predicted molar refractivity (Wildman–Crippen MR) is 68.6 cm³/mol. The molecule has 1 amide bonds. The fourth-order valence-electron chi connectivity index (χ4n) is 2.29. The normalized spacial score (nSPS) is 24.6. The van der Waals surface area contributed by atoms with E-state index in [9.17, 15) is 9.59 Å². The largest absolute Gasteiger partial charge is 0.466 e. The number of nitrogens with one attached hydrogen (secondary N) is 1. The second-order valence-electron chi connectivity index (χ2n) is 4.88. The lowest BCUT2D eigenvalue weighted by Crippen LogP contribution is -2.54. The van der Waals surface area contributed by atoms with Crippen LogP contribution in [0, 0.1) is 0 Å². The van der Waals surface area contributed by atoms with Gasteiger partial charge in [0.2, 0.25) is 5.91 Å². The van der Waals surface area contributed by atoms with Gasteiger partial charge in [0.25, 0.3) is 0 Å². The van der Waals surface area contributed by atoms with Crippen LogP contribution < -0.4 is 5.43 Å². The standard InChI is InChI=1S/C13H24N2O3/c1-4-18-13(17)9-8-12(16)14-15-10(2)6-5-7-11(15)3/h10-11H,4-9H2,1-3H3,(H,14,16). The van der Waals surface area contributed by atoms with Crippen LogP contribution in [0.2, 0.25) is 0 Å². The fraction of sp³-hybridized carbons (Fsp3) is 0.846. The third-order valence-corrected chi connectivity index (χ3v) is 3.31. The summed E-state index contributed by atoms with van der Waals surface area (Å²) in [6.07, 6.45) is 3.74. The highest BCUT2D eigenvalue weighted by Gasteiger charge is 2.26. The molecule has 0 spiro atoms. The molecule has 1 rings (SSSR count). The second-order valence-corrected chi connectivity index (χ2v) is 4.88. The molecule has 0 bridgehead atoms. The monoisotopic (exact) mass is 256 g/mol. The van der Waals surface area contributed by atoms with Crippen molar-refractivity contribution in [1.29, 1.82) is 0 Å². The van der Waals surface area contributed by atoms with Crippen molar-refractivity contribution in [2.45, 2.75) is 65.0 Å². The van der Waals surface area contributed by atoms with E-state index in [1.54, 1.807) is 6.92 Å². The Morgan fingerprint density at radius 3 is 2.39 bits per heavy atom. The van der Waals surface area contributed by atoms with Gasteiger partial charge in [0.05, 0.1) is 13.0 Å². The van der Waals surface area contributed by atoms with Gasteiger partial charge in [-0.15, -0.1) is 0 Å². The second kappa shape index (κ2) is 7.36. The van der Waals surface area contributed by atoms with E-state index < -0.39 is 0 Å². The van der Waals surface area contributed by atoms with E-state index in [2.05, 4.69) is 19.3 Å². The minimum atomic E-state index is -0.313. The molecule has 0 aliphatic carbocycles. The smallest absolute Gasteiger partial charge is 0.306 e. The molecule has 5 heteroatoms. The SMILES string of the molecule is CCOC(=O)CCC(=O)NN1C(C)CCCC1C. The molecule has 18 heavy (non-hydrogen) atoms. The van der Waals surface area contributed by atoms with Crippen LogP contribution in [0.5, 0.6) is 0 Å². The van der Waals surface area contributed by atoms with Gasteiger partial charge in [-0.3, -0.25) is 15.0 Å². The zero-order chi connectivity index (χ0) is 13.5. The number of hydrazine groups is 1. The van der Waals surface area contributed by atoms with Gasteiger partial charge in [0.15, 0.2) is 0 Å². The molecular formula is C13H24N2O3. The van der Waals surface area contributed by atoms with Gasteiger partial charge in [-0.1, -0.05) is 6.42 Å². The van der Waals surface area contributed by atoms with Crippen molar-refractivity contribution in [1.82, 2.24) is 10.4 Å². The van der Waals surface area contributed by atoms with E-state index in [4.69, 9.17) is 4.74 Å². The summed E-state index contributed by atoms with van der Waals surface area (Å²) in [5.41, 5.74) is 2.90. The van der Waals surface area contributed by atoms with Gasteiger partial charge >= 0.3 is 5.97 Å². The summed E-state index contributed by atoms with van der Waals surface area (Å²) < 4.78 is 4.79. The summed E-state index contributed by atoms with van der Waals surface area (Å²) in [6, 6.07) is 0.723. The fourth-order valence-corrected chi connectivity index (χ4v) is 2.29. The number of piperidine rings is 1. The van der Waals surface area contributed by atoms with Crippen LogP contribution >= 0.6 is 0 Å². The van der Waals surface area contributed by atoms with Crippen molar-refractivity contribution in [2.24, 2.45) is 0 Å². The van der Waals surface area contributed by atoms with Gasteiger partial charge in [-0.25, -0.2) is 5.01 Å². The Hall–Kier alpha value is -1.10. The Morgan fingerprint density at radius 2 is 1.83 bits per heavy atom. The van der Waals surface area contributed by atoms with Crippen LogP contribution in [0.4, 0.5) is 0 Å². The molecule has 1 heterocycles. The molecular weight excluding hydrogens is 232 g/mol. The third-order valence-electron chi connectivity index (χ3n) is 3.31. The van der Waals surface area contributed by atoms with Gasteiger partial charge in [-0.05, 0) is 33.6 Å². The molecule has 5 nitrogen and oxygen atoms in total. The molecule has 104 valence electrons. The molecule has 2 unspecified atom stereocenters. The summed E-state index contributed by atoms with van der Waals surface area (Å²) in [5.74, 6) is -0.420. The molecule has 1 aliphatic rings. The molecule has 0 saturated carbocycles. The van der Waals surface area contributed by atoms with Crippen molar-refractivity contribution in [3.8, 4) is 0 Å². The Balaban J connectivity index is 2.32. The van der Waals surface area contributed by atoms with Crippen molar-refractivity contribution >= 4 is 11.9 Å². The lowest BCUT2D eigenvalue weighted by molar-refractivity contribution is -0.145. The molecule has 2 atom stereocenters. The average molecular weight is 256 g/mol. The van der Waals surface area contributed by atoms with Gasteiger partial charge in [-0.2, -0.15) is 0 Å². The van der Waals surface area contributed by atoms with Crippen LogP contribution in [-0.4, -0.2) is 35.6 Å². The van der Waals surface area contributed by atoms with Crippen molar-refractivity contribution in [3.63, 3.8) is 0 Å². The molecule has 1 saturated heterocycles. The molecule has 1 N–H and O–H groups in total. The van der Waals surface area contributed by atoms with E-state index in [-0.39, 0.29) is 24.7 Å². The number of nitrogens with zero attached hydrogens (tertiary/aromatic N) is 1. The molecule has 0 aromatic rings. The topological polar surface area (TPSA) is 58.6 Å². The van der Waals surface area contributed by atoms with Gasteiger partial charge in [0.1, 0.15) is 0 Å². The molecule has 0 radical (unpaired) electrons. The van der Waals surface area contributed by atoms with Crippen molar-refractivity contribution < 1.29 is 14.3 Å². The molecule has 1 fully saturated rings. The summed E-state index contributed by atoms with van der Waals surface area (Å²) >= 11 is 0. The lowest BCUT2D eigenvalue weighted by Gasteiger charge is -2.38. The Labute approximate surface area is 109 Å². The first-order chi connectivity index (χ1) is 8.54. The van der Waals surface area contributed by atoms with E-state index in [1.165, 1.54) is 6.42 Å². The maximum atomic E-state index is 11.8. The van der Waals surface area contributed by atoms with E-state index in [0.717, 1.165) is 12.8 Å². The number of carbonyl (C=O) groups is 2.